The summed E-state index contributed by atoms with van der Waals surface area (Å²) in [5, 5.41) is 1.59. The average molecular weight is 439 g/mol. The molecule has 0 bridgehead atoms. The first-order chi connectivity index (χ1) is 14.0. The van der Waals surface area contributed by atoms with Crippen LogP contribution >= 0.6 is 0 Å². The van der Waals surface area contributed by atoms with Gasteiger partial charge in [0.2, 0.25) is 0 Å². The van der Waals surface area contributed by atoms with Crippen LogP contribution in [0.15, 0.2) is 24.0 Å². The highest BCUT2D eigenvalue weighted by molar-refractivity contribution is 7.86. The number of ether oxygens (including phenoxy) is 2. The third-order valence-corrected chi connectivity index (χ3v) is 6.79. The number of aryl methyl sites for hydroxylation is 2. The first kappa shape index (κ1) is 23.2. The zero-order valence-electron chi connectivity index (χ0n) is 18.7. The highest BCUT2D eigenvalue weighted by atomic mass is 32.2. The SMILES string of the molecule is C/C(=C(/OS(C)(=O)=O)C1(N(C)N)CCC2(CC1)OCCCO2)c1ccc(C)cc1C. The molecule has 30 heavy (non-hydrogen) atoms. The van der Waals surface area contributed by atoms with Gasteiger partial charge in [-0.3, -0.25) is 5.84 Å². The number of likely N-dealkylation sites (N-methyl/N-ethyl adjacent to an activating group) is 1. The van der Waals surface area contributed by atoms with Crippen molar-refractivity contribution in [1.29, 1.82) is 0 Å². The van der Waals surface area contributed by atoms with Crippen molar-refractivity contribution < 1.29 is 22.1 Å². The van der Waals surface area contributed by atoms with Crippen molar-refractivity contribution in [2.24, 2.45) is 5.84 Å². The van der Waals surface area contributed by atoms with Gasteiger partial charge in [-0.15, -0.1) is 0 Å². The molecule has 0 aromatic heterocycles. The van der Waals surface area contributed by atoms with Gasteiger partial charge >= 0.3 is 10.1 Å². The molecular formula is C22H34N2O5S. The number of rotatable bonds is 5. The molecule has 8 heteroatoms. The van der Waals surface area contributed by atoms with Crippen molar-refractivity contribution in [2.45, 2.75) is 64.2 Å². The number of hydrogen-bond acceptors (Lipinski definition) is 7. The Balaban J connectivity index is 2.08. The van der Waals surface area contributed by atoms with E-state index in [9.17, 15) is 8.42 Å². The van der Waals surface area contributed by atoms with Crippen LogP contribution in [0.1, 0.15) is 55.7 Å². The van der Waals surface area contributed by atoms with Crippen molar-refractivity contribution in [2.75, 3.05) is 26.5 Å². The molecule has 0 unspecified atom stereocenters. The van der Waals surface area contributed by atoms with Gasteiger partial charge in [-0.25, -0.2) is 5.01 Å². The predicted octanol–water partition coefficient (Wildman–Crippen LogP) is 3.26. The summed E-state index contributed by atoms with van der Waals surface area (Å²) in [6, 6.07) is 6.10. The van der Waals surface area contributed by atoms with Crippen molar-refractivity contribution in [3.63, 3.8) is 0 Å². The molecular weight excluding hydrogens is 404 g/mol. The fourth-order valence-electron chi connectivity index (χ4n) is 4.69. The van der Waals surface area contributed by atoms with E-state index < -0.39 is 21.4 Å². The maximum absolute atomic E-state index is 12.3. The van der Waals surface area contributed by atoms with E-state index in [4.69, 9.17) is 19.5 Å². The van der Waals surface area contributed by atoms with Crippen LogP contribution in [0, 0.1) is 13.8 Å². The summed E-state index contributed by atoms with van der Waals surface area (Å²) in [6.07, 6.45) is 4.32. The fourth-order valence-corrected chi connectivity index (χ4v) is 5.27. The monoisotopic (exact) mass is 438 g/mol. The van der Waals surface area contributed by atoms with Crippen LogP contribution in [0.5, 0.6) is 0 Å². The minimum absolute atomic E-state index is 0.382. The molecule has 1 aliphatic carbocycles. The number of nitrogens with zero attached hydrogens (tertiary/aromatic N) is 1. The lowest BCUT2D eigenvalue weighted by Crippen LogP contribution is -2.58. The second kappa shape index (κ2) is 8.59. The quantitative estimate of drug-likeness (QED) is 0.326. The van der Waals surface area contributed by atoms with Crippen molar-refractivity contribution >= 4 is 15.7 Å². The lowest BCUT2D eigenvalue weighted by atomic mass is 9.75. The molecule has 7 nitrogen and oxygen atoms in total. The van der Waals surface area contributed by atoms with E-state index in [1.165, 1.54) is 0 Å². The molecule has 2 aliphatic rings. The van der Waals surface area contributed by atoms with Gasteiger partial charge in [0.25, 0.3) is 0 Å². The van der Waals surface area contributed by atoms with Crippen molar-refractivity contribution in [1.82, 2.24) is 5.01 Å². The lowest BCUT2D eigenvalue weighted by molar-refractivity contribution is -0.287. The maximum atomic E-state index is 12.3. The summed E-state index contributed by atoms with van der Waals surface area (Å²) in [5.41, 5.74) is 3.15. The van der Waals surface area contributed by atoms with E-state index in [0.717, 1.165) is 34.9 Å². The van der Waals surface area contributed by atoms with E-state index in [2.05, 4.69) is 6.07 Å². The summed E-state index contributed by atoms with van der Waals surface area (Å²) in [7, 11) is -1.99. The number of benzene rings is 1. The topological polar surface area (TPSA) is 91.1 Å². The molecule has 2 N–H and O–H groups in total. The van der Waals surface area contributed by atoms with Gasteiger partial charge < -0.3 is 13.7 Å². The molecule has 1 aromatic rings. The van der Waals surface area contributed by atoms with Crippen LogP contribution in [0.25, 0.3) is 5.57 Å². The average Bonchev–Trinajstić information content (AvgIpc) is 2.66. The second-order valence-corrected chi connectivity index (χ2v) is 10.2. The number of allylic oxidation sites excluding steroid dienone is 1. The van der Waals surface area contributed by atoms with Crippen LogP contribution < -0.4 is 5.84 Å². The third kappa shape index (κ3) is 4.73. The summed E-state index contributed by atoms with van der Waals surface area (Å²) >= 11 is 0. The van der Waals surface area contributed by atoms with Gasteiger partial charge in [-0.05, 0) is 56.7 Å². The largest absolute Gasteiger partial charge is 0.385 e. The Morgan fingerprint density at radius 1 is 1.13 bits per heavy atom. The van der Waals surface area contributed by atoms with E-state index in [1.54, 1.807) is 12.1 Å². The van der Waals surface area contributed by atoms with E-state index >= 15 is 0 Å². The van der Waals surface area contributed by atoms with Crippen LogP contribution in [-0.2, 0) is 23.8 Å². The van der Waals surface area contributed by atoms with Crippen molar-refractivity contribution in [3.05, 3.63) is 40.6 Å². The zero-order chi connectivity index (χ0) is 22.2. The molecule has 3 rings (SSSR count). The fraction of sp³-hybridized carbons (Fsp3) is 0.636. The zero-order valence-corrected chi connectivity index (χ0v) is 19.5. The predicted molar refractivity (Wildman–Crippen MR) is 117 cm³/mol. The summed E-state index contributed by atoms with van der Waals surface area (Å²) in [4.78, 5) is 0. The van der Waals surface area contributed by atoms with Gasteiger partial charge in [0.05, 0.1) is 25.0 Å². The van der Waals surface area contributed by atoms with Gasteiger partial charge in [-0.1, -0.05) is 23.8 Å². The van der Waals surface area contributed by atoms with Crippen LogP contribution in [-0.4, -0.2) is 51.3 Å². The Hall–Kier alpha value is -1.45. The second-order valence-electron chi connectivity index (χ2n) is 8.66. The lowest BCUT2D eigenvalue weighted by Gasteiger charge is -2.50. The maximum Gasteiger partial charge on any atom is 0.306 e. The molecule has 0 atom stereocenters. The normalized spacial score (nSPS) is 22.1. The molecule has 2 fully saturated rings. The summed E-state index contributed by atoms with van der Waals surface area (Å²) in [5.74, 6) is 6.13. The van der Waals surface area contributed by atoms with Crippen LogP contribution in [0.3, 0.4) is 0 Å². The van der Waals surface area contributed by atoms with E-state index in [-0.39, 0.29) is 0 Å². The smallest absolute Gasteiger partial charge is 0.306 e. The van der Waals surface area contributed by atoms with Gasteiger partial charge in [-0.2, -0.15) is 8.42 Å². The van der Waals surface area contributed by atoms with E-state index in [0.29, 0.717) is 44.7 Å². The Morgan fingerprint density at radius 2 is 1.73 bits per heavy atom. The summed E-state index contributed by atoms with van der Waals surface area (Å²) < 4.78 is 42.1. The minimum Gasteiger partial charge on any atom is -0.385 e. The Bertz CT molecular complexity index is 907. The highest BCUT2D eigenvalue weighted by Crippen LogP contribution is 2.47. The Morgan fingerprint density at radius 3 is 2.23 bits per heavy atom. The molecule has 1 spiro atoms. The number of nitrogens with two attached hydrogens (primary N) is 1. The standard InChI is InChI=1S/C22H34N2O5S/c1-16-7-8-19(17(2)15-16)18(3)20(29-30(5,25)26)21(24(4)23)9-11-22(12-10-21)27-13-6-14-28-22/h7-8,15H,6,9-14,23H2,1-5H3/b20-18-. The highest BCUT2D eigenvalue weighted by Gasteiger charge is 2.51. The minimum atomic E-state index is -3.75. The van der Waals surface area contributed by atoms with Gasteiger partial charge in [0, 0.05) is 19.9 Å². The third-order valence-electron chi connectivity index (χ3n) is 6.32. The molecule has 1 saturated heterocycles. The first-order valence-electron chi connectivity index (χ1n) is 10.4. The Labute approximate surface area is 180 Å². The molecule has 0 amide bonds. The van der Waals surface area contributed by atoms with Crippen molar-refractivity contribution in [3.8, 4) is 0 Å². The first-order valence-corrected chi connectivity index (χ1v) is 12.2. The molecule has 0 radical (unpaired) electrons. The number of hydrazine groups is 1. The summed E-state index contributed by atoms with van der Waals surface area (Å²) in [6.45, 7) is 7.30. The van der Waals surface area contributed by atoms with E-state index in [1.807, 2.05) is 32.9 Å². The van der Waals surface area contributed by atoms with Crippen LogP contribution in [0.2, 0.25) is 0 Å². The molecule has 1 aromatic carbocycles. The number of hydrogen-bond donors (Lipinski definition) is 1. The van der Waals surface area contributed by atoms with Crippen LogP contribution in [0.4, 0.5) is 0 Å². The molecule has 1 aliphatic heterocycles. The molecule has 1 saturated carbocycles. The van der Waals surface area contributed by atoms with Gasteiger partial charge in [0.1, 0.15) is 5.76 Å². The Kier molecular flexibility index (Phi) is 6.65. The molecule has 1 heterocycles. The molecule has 168 valence electrons. The van der Waals surface area contributed by atoms with Gasteiger partial charge in [0.15, 0.2) is 5.79 Å².